The first-order chi connectivity index (χ1) is 18.0. The van der Waals surface area contributed by atoms with E-state index in [4.69, 9.17) is 0 Å². The summed E-state index contributed by atoms with van der Waals surface area (Å²) in [7, 11) is 0. The predicted molar refractivity (Wildman–Crippen MR) is 152 cm³/mol. The Hall–Kier alpha value is -2.65. The summed E-state index contributed by atoms with van der Waals surface area (Å²) in [6.45, 7) is 19.2. The summed E-state index contributed by atoms with van der Waals surface area (Å²) in [6.07, 6.45) is 1.44. The fourth-order valence-electron chi connectivity index (χ4n) is 4.68. The van der Waals surface area contributed by atoms with Gasteiger partial charge in [-0.25, -0.2) is 0 Å². The van der Waals surface area contributed by atoms with E-state index in [2.05, 4.69) is 26.6 Å². The zero-order valence-electron chi connectivity index (χ0n) is 25.6. The smallest absolute Gasteiger partial charge is 0.243 e. The average Bonchev–Trinajstić information content (AvgIpc) is 2.78. The van der Waals surface area contributed by atoms with Gasteiger partial charge in [0.1, 0.15) is 30.2 Å². The summed E-state index contributed by atoms with van der Waals surface area (Å²) in [5.41, 5.74) is 0. The third-order valence-corrected chi connectivity index (χ3v) is 6.61. The number of amides is 5. The van der Waals surface area contributed by atoms with Crippen molar-refractivity contribution in [3.05, 3.63) is 0 Å². The molecule has 1 aliphatic rings. The highest BCUT2D eigenvalue weighted by atomic mass is 16.2. The molecule has 1 saturated heterocycles. The first-order valence-corrected chi connectivity index (χ1v) is 14.5. The Morgan fingerprint density at radius 2 is 0.641 bits per heavy atom. The molecule has 224 valence electrons. The van der Waals surface area contributed by atoms with Crippen molar-refractivity contribution in [3.63, 3.8) is 0 Å². The first-order valence-electron chi connectivity index (χ1n) is 14.5. The third kappa shape index (κ3) is 12.0. The van der Waals surface area contributed by atoms with E-state index >= 15 is 0 Å². The standard InChI is InChI=1S/C29H53N5O5/c1-15(2)11-20-25(35)30-21(12-16(3)4)26(36)32-23(14-18(7)8)28(38)34-24(19(9)10)29(39)33-22(13-17(5)6)27(37)31-20/h15-24H,11-14H2,1-10H3,(H,30,35)(H,31,37)(H,32,36)(H,33,39)(H,34,38)/t20-,21-,22+,23+,24-/m1/s1. The quantitative estimate of drug-likeness (QED) is 0.298. The predicted octanol–water partition coefficient (Wildman–Crippen LogP) is 2.26. The average molecular weight is 552 g/mol. The summed E-state index contributed by atoms with van der Waals surface area (Å²) in [4.78, 5) is 67.1. The molecule has 5 N–H and O–H groups in total. The van der Waals surface area contributed by atoms with Gasteiger partial charge in [-0.05, 0) is 55.3 Å². The molecule has 0 aromatic rings. The summed E-state index contributed by atoms with van der Waals surface area (Å²) in [5.74, 6) is -2.29. The Kier molecular flexibility index (Phi) is 13.9. The van der Waals surface area contributed by atoms with E-state index in [1.807, 2.05) is 69.2 Å². The molecule has 0 aromatic heterocycles. The Labute approximate surface area is 235 Å². The van der Waals surface area contributed by atoms with Gasteiger partial charge in [0.05, 0.1) is 0 Å². The number of carbonyl (C=O) groups excluding carboxylic acids is 5. The van der Waals surface area contributed by atoms with Crippen molar-refractivity contribution in [2.75, 3.05) is 0 Å². The lowest BCUT2D eigenvalue weighted by Crippen LogP contribution is -2.59. The number of hydrogen-bond donors (Lipinski definition) is 5. The Bertz CT molecular complexity index is 839. The largest absolute Gasteiger partial charge is 0.343 e. The minimum Gasteiger partial charge on any atom is -0.343 e. The second-order valence-corrected chi connectivity index (χ2v) is 13.0. The minimum atomic E-state index is -0.908. The van der Waals surface area contributed by atoms with E-state index in [0.29, 0.717) is 25.7 Å². The zero-order valence-corrected chi connectivity index (χ0v) is 25.6. The molecular formula is C29H53N5O5. The second-order valence-electron chi connectivity index (χ2n) is 13.0. The van der Waals surface area contributed by atoms with Crippen molar-refractivity contribution >= 4 is 29.5 Å². The van der Waals surface area contributed by atoms with E-state index in [1.54, 1.807) is 0 Å². The molecule has 0 saturated carbocycles. The van der Waals surface area contributed by atoms with Gasteiger partial charge < -0.3 is 26.6 Å². The van der Waals surface area contributed by atoms with Crippen LogP contribution in [-0.4, -0.2) is 59.7 Å². The highest BCUT2D eigenvalue weighted by Gasteiger charge is 2.36. The van der Waals surface area contributed by atoms with E-state index in [0.717, 1.165) is 0 Å². The molecule has 1 heterocycles. The number of hydrogen-bond acceptors (Lipinski definition) is 5. The van der Waals surface area contributed by atoms with Gasteiger partial charge in [0.2, 0.25) is 29.5 Å². The fourth-order valence-corrected chi connectivity index (χ4v) is 4.68. The lowest BCUT2D eigenvalue weighted by Gasteiger charge is -2.28. The highest BCUT2D eigenvalue weighted by molar-refractivity contribution is 5.97. The van der Waals surface area contributed by atoms with Gasteiger partial charge in [-0.15, -0.1) is 0 Å². The maximum absolute atomic E-state index is 13.5. The van der Waals surface area contributed by atoms with E-state index in [9.17, 15) is 24.0 Å². The van der Waals surface area contributed by atoms with Crippen molar-refractivity contribution in [2.24, 2.45) is 29.6 Å². The van der Waals surface area contributed by atoms with Gasteiger partial charge >= 0.3 is 0 Å². The molecule has 39 heavy (non-hydrogen) atoms. The molecule has 10 heteroatoms. The molecule has 5 atom stereocenters. The van der Waals surface area contributed by atoms with Crippen molar-refractivity contribution < 1.29 is 24.0 Å². The molecule has 0 aromatic carbocycles. The maximum atomic E-state index is 13.5. The Morgan fingerprint density at radius 1 is 0.410 bits per heavy atom. The van der Waals surface area contributed by atoms with Crippen LogP contribution in [0.25, 0.3) is 0 Å². The number of rotatable bonds is 9. The van der Waals surface area contributed by atoms with Crippen LogP contribution in [0.3, 0.4) is 0 Å². The van der Waals surface area contributed by atoms with Crippen LogP contribution in [-0.2, 0) is 24.0 Å². The van der Waals surface area contributed by atoms with Gasteiger partial charge in [-0.3, -0.25) is 24.0 Å². The Balaban J connectivity index is 3.60. The van der Waals surface area contributed by atoms with Crippen LogP contribution in [0.1, 0.15) is 94.9 Å². The zero-order chi connectivity index (χ0) is 30.0. The molecule has 1 rings (SSSR count). The molecule has 0 unspecified atom stereocenters. The van der Waals surface area contributed by atoms with E-state index < -0.39 is 59.7 Å². The van der Waals surface area contributed by atoms with Crippen LogP contribution < -0.4 is 26.6 Å². The van der Waals surface area contributed by atoms with Crippen LogP contribution in [0.4, 0.5) is 0 Å². The molecule has 5 amide bonds. The molecular weight excluding hydrogens is 498 g/mol. The van der Waals surface area contributed by atoms with Crippen LogP contribution in [0.2, 0.25) is 0 Å². The molecule has 1 aliphatic heterocycles. The third-order valence-electron chi connectivity index (χ3n) is 6.61. The van der Waals surface area contributed by atoms with E-state index in [1.165, 1.54) is 0 Å². The summed E-state index contributed by atoms with van der Waals surface area (Å²) in [5, 5.41) is 14.1. The molecule has 0 bridgehead atoms. The number of carbonyl (C=O) groups is 5. The molecule has 1 fully saturated rings. The monoisotopic (exact) mass is 551 g/mol. The van der Waals surface area contributed by atoms with Gasteiger partial charge in [0.15, 0.2) is 0 Å². The lowest BCUT2D eigenvalue weighted by atomic mass is 9.98. The van der Waals surface area contributed by atoms with Gasteiger partial charge in [-0.2, -0.15) is 0 Å². The highest BCUT2D eigenvalue weighted by Crippen LogP contribution is 2.14. The van der Waals surface area contributed by atoms with Crippen molar-refractivity contribution in [3.8, 4) is 0 Å². The molecule has 0 spiro atoms. The van der Waals surface area contributed by atoms with Crippen LogP contribution in [0.5, 0.6) is 0 Å². The number of nitrogens with one attached hydrogen (secondary N) is 5. The van der Waals surface area contributed by atoms with Crippen molar-refractivity contribution in [1.82, 2.24) is 26.6 Å². The fraction of sp³-hybridized carbons (Fsp3) is 0.828. The maximum Gasteiger partial charge on any atom is 0.243 e. The summed E-state index contributed by atoms with van der Waals surface area (Å²) < 4.78 is 0. The Morgan fingerprint density at radius 3 is 0.872 bits per heavy atom. The van der Waals surface area contributed by atoms with Crippen LogP contribution in [0.15, 0.2) is 0 Å². The summed E-state index contributed by atoms with van der Waals surface area (Å²) >= 11 is 0. The van der Waals surface area contributed by atoms with E-state index in [-0.39, 0.29) is 29.6 Å². The lowest BCUT2D eigenvalue weighted by molar-refractivity contribution is -0.135. The SMILES string of the molecule is CC(C)C[C@@H]1NC(=O)[C@@H](CC(C)C)NC(=O)[C@@H](CC(C)C)NC(=O)[C@H](CC(C)C)NC(=O)[C@@H](C(C)C)NC1=O. The molecule has 0 aliphatic carbocycles. The van der Waals surface area contributed by atoms with Gasteiger partial charge in [0, 0.05) is 0 Å². The summed E-state index contributed by atoms with van der Waals surface area (Å²) in [6, 6.07) is -4.45. The van der Waals surface area contributed by atoms with Crippen LogP contribution >= 0.6 is 0 Å². The molecule has 0 radical (unpaired) electrons. The minimum absolute atomic E-state index is 0.0836. The topological polar surface area (TPSA) is 146 Å². The van der Waals surface area contributed by atoms with Crippen molar-refractivity contribution in [1.29, 1.82) is 0 Å². The molecule has 10 nitrogen and oxygen atoms in total. The van der Waals surface area contributed by atoms with Gasteiger partial charge in [-0.1, -0.05) is 69.2 Å². The van der Waals surface area contributed by atoms with Crippen molar-refractivity contribution in [2.45, 2.75) is 125 Å². The second kappa shape index (κ2) is 15.8. The van der Waals surface area contributed by atoms with Gasteiger partial charge in [0.25, 0.3) is 0 Å². The van der Waals surface area contributed by atoms with Crippen LogP contribution in [0, 0.1) is 29.6 Å². The first kappa shape index (κ1) is 34.4. The normalized spacial score (nSPS) is 26.2.